The van der Waals surface area contributed by atoms with Crippen molar-refractivity contribution in [2.75, 3.05) is 38.8 Å². The molecule has 8 N–H and O–H groups in total. The minimum absolute atomic E-state index is 0.00151. The van der Waals surface area contributed by atoms with Crippen LogP contribution in [0, 0.1) is 20.8 Å². The van der Waals surface area contributed by atoms with Gasteiger partial charge in [-0.3, -0.25) is 9.78 Å². The maximum absolute atomic E-state index is 13.4. The van der Waals surface area contributed by atoms with Gasteiger partial charge < -0.3 is 64.3 Å². The molecule has 7 heterocycles. The first-order chi connectivity index (χ1) is 32.1. The molecule has 2 fully saturated rings. The van der Waals surface area contributed by atoms with Gasteiger partial charge in [-0.1, -0.05) is 25.6 Å². The molecule has 3 aromatic heterocycles. The second-order valence-corrected chi connectivity index (χ2v) is 19.6. The van der Waals surface area contributed by atoms with Crippen molar-refractivity contribution in [1.29, 1.82) is 0 Å². The third-order valence-electron chi connectivity index (χ3n) is 13.7. The summed E-state index contributed by atoms with van der Waals surface area (Å²) in [6.45, 7) is 14.9. The Morgan fingerprint density at radius 1 is 0.851 bits per heavy atom. The monoisotopic (exact) mass is 950 g/mol. The van der Waals surface area contributed by atoms with E-state index in [2.05, 4.69) is 75.8 Å². The van der Waals surface area contributed by atoms with E-state index >= 15 is 0 Å². The van der Waals surface area contributed by atoms with Gasteiger partial charge in [0.05, 0.1) is 56.1 Å². The number of carbonyl (C=O) groups is 1. The summed E-state index contributed by atoms with van der Waals surface area (Å²) in [6.07, 6.45) is -2.83. The van der Waals surface area contributed by atoms with Crippen molar-refractivity contribution in [3.63, 3.8) is 0 Å². The zero-order valence-corrected chi connectivity index (χ0v) is 40.6. The number of fused-ring (bicyclic) bond motifs is 8. The van der Waals surface area contributed by atoms with E-state index in [9.17, 15) is 35.4 Å². The van der Waals surface area contributed by atoms with Crippen LogP contribution in [0.15, 0.2) is 18.2 Å². The van der Waals surface area contributed by atoms with Crippen LogP contribution in [0.4, 0.5) is 0 Å². The van der Waals surface area contributed by atoms with Crippen LogP contribution in [0.25, 0.3) is 33.7 Å². The number of nitrogens with one attached hydrogen (secondary N) is 2. The van der Waals surface area contributed by atoms with Crippen molar-refractivity contribution in [2.24, 2.45) is 0 Å². The van der Waals surface area contributed by atoms with Crippen LogP contribution in [0.1, 0.15) is 135 Å². The number of hydrogen-bond acceptors (Lipinski definition) is 15. The molecule has 0 amide bonds. The van der Waals surface area contributed by atoms with Gasteiger partial charge in [0.15, 0.2) is 17.7 Å². The van der Waals surface area contributed by atoms with Crippen molar-refractivity contribution < 1.29 is 59.1 Å². The number of carbonyl (C=O) groups excluding carboxylic acids is 1. The van der Waals surface area contributed by atoms with Gasteiger partial charge >= 0.3 is 0 Å². The molecule has 0 spiro atoms. The number of aliphatic hydroxyl groups excluding tert-OH is 6. The Labute approximate surface area is 396 Å². The highest BCUT2D eigenvalue weighted by molar-refractivity contribution is 8.13. The largest absolute Gasteiger partial charge is 0.394 e. The molecule has 1 unspecified atom stereocenters. The fourth-order valence-corrected chi connectivity index (χ4v) is 10.5. The molecule has 2 saturated heterocycles. The Bertz CT molecular complexity index is 2400. The van der Waals surface area contributed by atoms with Crippen LogP contribution in [-0.2, 0) is 34.9 Å². The Hall–Kier alpha value is -3.56. The van der Waals surface area contributed by atoms with E-state index in [1.807, 2.05) is 6.92 Å². The number of rotatable bonds is 18. The molecule has 368 valence electrons. The normalized spacial score (nSPS) is 27.0. The van der Waals surface area contributed by atoms with Gasteiger partial charge in [-0.05, 0) is 112 Å². The summed E-state index contributed by atoms with van der Waals surface area (Å²) in [5.41, 5.74) is 13.8. The second-order valence-electron chi connectivity index (χ2n) is 18.4. The van der Waals surface area contributed by atoms with Crippen molar-refractivity contribution in [3.05, 3.63) is 68.8 Å². The first-order valence-corrected chi connectivity index (χ1v) is 24.8. The van der Waals surface area contributed by atoms with E-state index < -0.39 is 55.8 Å². The highest BCUT2D eigenvalue weighted by Crippen LogP contribution is 2.43. The lowest BCUT2D eigenvalue weighted by Crippen LogP contribution is -2.59. The molecule has 3 aromatic rings. The molecule has 0 aliphatic carbocycles. The summed E-state index contributed by atoms with van der Waals surface area (Å²) in [6, 6.07) is 6.40. The number of aryl methyl sites for hydroxylation is 3. The number of hydrogen-bond donors (Lipinski definition) is 8. The predicted octanol–water partition coefficient (Wildman–Crippen LogP) is 5.84. The molecule has 7 rings (SSSR count). The quantitative estimate of drug-likeness (QED) is 0.0699. The summed E-state index contributed by atoms with van der Waals surface area (Å²) in [4.78, 5) is 31.3. The SMILES string of the molecule is CCc1c(C)c2cc3[nH]c(cc4nc(c(C)c5nc(cc1[nH]2)C(C)=C5)[C@@H](CCC(=O)SCCCO[C@H]1C[C@@H](O)C[C@@H](CO)O1)[C@@H]4C)c(C)c3C(C)OCCCO[C@@H]1O[C@H](CO)[C@@H](O)[C@H](O)[C@H]1O. The Morgan fingerprint density at radius 2 is 1.60 bits per heavy atom. The highest BCUT2D eigenvalue weighted by Gasteiger charge is 2.44. The predicted molar refractivity (Wildman–Crippen MR) is 256 cm³/mol. The lowest BCUT2D eigenvalue weighted by atomic mass is 9.86. The topological polar surface area (TPSA) is 242 Å². The van der Waals surface area contributed by atoms with E-state index in [4.69, 9.17) is 33.7 Å². The number of aromatic amines is 2. The van der Waals surface area contributed by atoms with Gasteiger partial charge in [0.1, 0.15) is 24.4 Å². The average molecular weight is 951 g/mol. The zero-order chi connectivity index (χ0) is 48.1. The summed E-state index contributed by atoms with van der Waals surface area (Å²) in [7, 11) is 0. The lowest BCUT2D eigenvalue weighted by Gasteiger charge is -2.39. The van der Waals surface area contributed by atoms with E-state index in [0.717, 1.165) is 79.1 Å². The van der Waals surface area contributed by atoms with Gasteiger partial charge in [-0.2, -0.15) is 0 Å². The molecule has 0 aromatic carbocycles. The number of ether oxygens (including phenoxy) is 5. The number of aromatic nitrogens is 4. The highest BCUT2D eigenvalue weighted by atomic mass is 32.2. The van der Waals surface area contributed by atoms with Gasteiger partial charge in [0.25, 0.3) is 0 Å². The number of allylic oxidation sites excluding steroid dienone is 1. The average Bonchev–Trinajstić information content (AvgIpc) is 4.02. The van der Waals surface area contributed by atoms with Gasteiger partial charge in [-0.15, -0.1) is 0 Å². The minimum atomic E-state index is -1.51. The first-order valence-electron chi connectivity index (χ1n) is 23.8. The van der Waals surface area contributed by atoms with Crippen LogP contribution >= 0.6 is 11.8 Å². The van der Waals surface area contributed by atoms with Crippen LogP contribution in [0.3, 0.4) is 0 Å². The van der Waals surface area contributed by atoms with Crippen molar-refractivity contribution in [3.8, 4) is 0 Å². The molecule has 4 aliphatic heterocycles. The molecule has 17 heteroatoms. The van der Waals surface area contributed by atoms with Crippen molar-refractivity contribution >= 4 is 50.6 Å². The Kier molecular flexibility index (Phi) is 17.5. The maximum atomic E-state index is 13.4. The summed E-state index contributed by atoms with van der Waals surface area (Å²) < 4.78 is 29.2. The molecule has 16 nitrogen and oxygen atoms in total. The van der Waals surface area contributed by atoms with Crippen LogP contribution in [-0.4, -0.2) is 144 Å². The Balaban J connectivity index is 1.13. The third kappa shape index (κ3) is 11.7. The van der Waals surface area contributed by atoms with Crippen molar-refractivity contribution in [2.45, 2.75) is 161 Å². The first kappa shape index (κ1) is 51.3. The molecule has 11 atom stereocenters. The molecular formula is C50H70N4O12S. The summed E-state index contributed by atoms with van der Waals surface area (Å²) >= 11 is 1.30. The van der Waals surface area contributed by atoms with E-state index in [1.165, 1.54) is 17.3 Å². The molecule has 67 heavy (non-hydrogen) atoms. The smallest absolute Gasteiger partial charge is 0.188 e. The fraction of sp³-hybridized carbons (Fsp3) is 0.620. The number of H-pyrrole nitrogens is 2. The van der Waals surface area contributed by atoms with E-state index in [0.29, 0.717) is 57.5 Å². The number of aliphatic hydroxyl groups is 6. The van der Waals surface area contributed by atoms with E-state index in [1.54, 1.807) is 0 Å². The Morgan fingerprint density at radius 3 is 2.34 bits per heavy atom. The number of thioether (sulfide) groups is 1. The van der Waals surface area contributed by atoms with E-state index in [-0.39, 0.29) is 36.3 Å². The van der Waals surface area contributed by atoms with Crippen LogP contribution < -0.4 is 0 Å². The summed E-state index contributed by atoms with van der Waals surface area (Å²) in [5, 5.41) is 59.9. The van der Waals surface area contributed by atoms with Crippen LogP contribution in [0.5, 0.6) is 0 Å². The standard InChI is InChI=1S/C50H70N4O12S/c1-8-33-26(3)37-22-41-45(30(7)62-13-9-14-64-50-49(61)48(60)47(59)42(24-56)66-50)28(5)39(53-41)21-38-27(4)34(46(54-38)29(6)36-17-25(2)35(51-36)20-40(33)52-37)11-12-43(58)67-16-10-15-63-44-19-31(57)18-32(23-55)65-44/h17,20-22,27,30-32,34,42,44,47-50,52-53,55-57,59-61H,8-16,18-19,23-24H2,1-7H3/t27-,30?,31-,32-,34-,42+,44+,47+,48-,49+,50+/m0/s1. The third-order valence-corrected chi connectivity index (χ3v) is 14.7. The van der Waals surface area contributed by atoms with Gasteiger partial charge in [0.2, 0.25) is 0 Å². The van der Waals surface area contributed by atoms with Gasteiger partial charge in [-0.25, -0.2) is 4.98 Å². The van der Waals surface area contributed by atoms with Crippen molar-refractivity contribution in [1.82, 2.24) is 19.9 Å². The molecule has 8 bridgehead atoms. The zero-order valence-electron chi connectivity index (χ0n) is 39.8. The minimum Gasteiger partial charge on any atom is -0.394 e. The molecule has 0 saturated carbocycles. The maximum Gasteiger partial charge on any atom is 0.188 e. The molecular weight excluding hydrogens is 881 g/mol. The fourth-order valence-electron chi connectivity index (χ4n) is 9.73. The second kappa shape index (κ2) is 22.9. The summed E-state index contributed by atoms with van der Waals surface area (Å²) in [5.74, 6) is 0.568. The number of nitrogens with zero attached hydrogens (tertiary/aromatic N) is 2. The molecule has 4 aliphatic rings. The van der Waals surface area contributed by atoms with Crippen LogP contribution in [0.2, 0.25) is 0 Å². The lowest BCUT2D eigenvalue weighted by molar-refractivity contribution is -0.301. The van der Waals surface area contributed by atoms with Gasteiger partial charge in [0, 0.05) is 82.5 Å². The molecule has 0 radical (unpaired) electrons.